The van der Waals surface area contributed by atoms with Crippen LogP contribution in [0.2, 0.25) is 5.02 Å². The lowest BCUT2D eigenvalue weighted by Crippen LogP contribution is -2.63. The minimum Gasteiger partial charge on any atom is -0.495 e. The van der Waals surface area contributed by atoms with Gasteiger partial charge in [-0.05, 0) is 97.3 Å². The second kappa shape index (κ2) is 22.6. The monoisotopic (exact) mass is 1030 g/mol. The topological polar surface area (TPSA) is 223 Å². The number of nitrogens with zero attached hydrogens (tertiary/aromatic N) is 3. The summed E-state index contributed by atoms with van der Waals surface area (Å²) in [5.41, 5.74) is -1.46. The number of thioether (sulfide) groups is 1. The molecule has 1 aromatic carbocycles. The SMILES string of the molecule is COc1cc2cc(c1Cl)N(C)C(=O)C[C@H](OC(=O)[C@H](C)N(C)C(=O)CCSC1CC(=O)N(CC3CCC(C(=O)NC(C)(C)C)CC3)C1=O)[C@]1(C)O[C@H]1[C@H](C)C1CC(O)(NC(=O)O1)C(OC)/C=C/C=C(\C)C2. The molecule has 20 heteroatoms. The number of benzene rings is 1. The van der Waals surface area contributed by atoms with Crippen molar-refractivity contribution >= 4 is 70.6 Å². The van der Waals surface area contributed by atoms with Gasteiger partial charge < -0.3 is 43.9 Å². The first-order chi connectivity index (χ1) is 33.3. The van der Waals surface area contributed by atoms with E-state index in [9.17, 15) is 38.7 Å². The van der Waals surface area contributed by atoms with E-state index in [1.54, 1.807) is 45.2 Å². The fraction of sp³-hybridized carbons (Fsp3) is 0.667. The lowest BCUT2D eigenvalue weighted by molar-refractivity contribution is -0.162. The zero-order valence-corrected chi connectivity index (χ0v) is 44.4. The van der Waals surface area contributed by atoms with Crippen molar-refractivity contribution in [3.63, 3.8) is 0 Å². The van der Waals surface area contributed by atoms with Crippen LogP contribution in [0.25, 0.3) is 0 Å². The van der Waals surface area contributed by atoms with Crippen molar-refractivity contribution in [3.05, 3.63) is 46.5 Å². The zero-order valence-electron chi connectivity index (χ0n) is 42.8. The normalized spacial score (nSPS) is 32.1. The number of likely N-dealkylation sites (tertiary alicyclic amines) is 1. The molecule has 1 aliphatic carbocycles. The molecule has 0 radical (unpaired) electrons. The Bertz CT molecular complexity index is 2280. The summed E-state index contributed by atoms with van der Waals surface area (Å²) in [6, 6.07) is 2.42. The number of rotatable bonds is 12. The van der Waals surface area contributed by atoms with Crippen molar-refractivity contribution in [1.29, 1.82) is 0 Å². The van der Waals surface area contributed by atoms with Gasteiger partial charge in [-0.2, -0.15) is 0 Å². The van der Waals surface area contributed by atoms with Gasteiger partial charge in [0.25, 0.3) is 0 Å². The van der Waals surface area contributed by atoms with Gasteiger partial charge in [-0.1, -0.05) is 42.3 Å². The third kappa shape index (κ3) is 13.1. The Morgan fingerprint density at radius 1 is 1.08 bits per heavy atom. The number of likely N-dealkylation sites (N-methyl/N-ethyl adjacent to an activating group) is 1. The quantitative estimate of drug-likeness (QED) is 0.134. The van der Waals surface area contributed by atoms with Crippen LogP contribution in [0.1, 0.15) is 105 Å². The molecule has 392 valence electrons. The van der Waals surface area contributed by atoms with Crippen LogP contribution in [-0.4, -0.2) is 150 Å². The molecule has 4 aliphatic heterocycles. The highest BCUT2D eigenvalue weighted by molar-refractivity contribution is 8.00. The van der Waals surface area contributed by atoms with E-state index in [1.165, 1.54) is 54.7 Å². The number of ether oxygens (including phenoxy) is 5. The average molecular weight is 1030 g/mol. The number of aliphatic hydroxyl groups is 1. The first-order valence-corrected chi connectivity index (χ1v) is 25.8. The number of alkyl carbamates (subject to hydrolysis) is 1. The van der Waals surface area contributed by atoms with Crippen LogP contribution in [0.3, 0.4) is 0 Å². The lowest BCUT2D eigenvalue weighted by atomic mass is 9.81. The first kappa shape index (κ1) is 55.6. The molecule has 4 bridgehead atoms. The maximum atomic E-state index is 14.4. The molecule has 9 atom stereocenters. The molecule has 4 heterocycles. The van der Waals surface area contributed by atoms with E-state index in [0.717, 1.165) is 24.0 Å². The molecule has 5 aliphatic rings. The van der Waals surface area contributed by atoms with Crippen molar-refractivity contribution < 1.29 is 62.4 Å². The molecule has 0 aromatic heterocycles. The first-order valence-electron chi connectivity index (χ1n) is 24.4. The van der Waals surface area contributed by atoms with Gasteiger partial charge in [-0.3, -0.25) is 34.2 Å². The lowest BCUT2D eigenvalue weighted by Gasteiger charge is -2.42. The van der Waals surface area contributed by atoms with Gasteiger partial charge in [0.15, 0.2) is 5.72 Å². The van der Waals surface area contributed by atoms with Crippen molar-refractivity contribution in [2.45, 2.75) is 159 Å². The minimum atomic E-state index is -1.87. The maximum Gasteiger partial charge on any atom is 0.409 e. The number of anilines is 1. The van der Waals surface area contributed by atoms with Gasteiger partial charge in [0.05, 0.1) is 30.6 Å². The molecule has 6 amide bonds. The maximum absolute atomic E-state index is 14.4. The number of hydrogen-bond donors (Lipinski definition) is 3. The molecule has 18 nitrogen and oxygen atoms in total. The Kier molecular flexibility index (Phi) is 17.7. The van der Waals surface area contributed by atoms with Crippen molar-refractivity contribution in [2.24, 2.45) is 17.8 Å². The zero-order chi connectivity index (χ0) is 52.3. The van der Waals surface area contributed by atoms with Crippen LogP contribution in [0.4, 0.5) is 10.5 Å². The summed E-state index contributed by atoms with van der Waals surface area (Å²) in [5.74, 6) is -2.20. The van der Waals surface area contributed by atoms with Crippen LogP contribution in [0.15, 0.2) is 35.9 Å². The van der Waals surface area contributed by atoms with Gasteiger partial charge in [-0.15, -0.1) is 11.8 Å². The number of esters is 1. The third-order valence-electron chi connectivity index (χ3n) is 14.5. The number of fused-ring (bicyclic) bond motifs is 5. The molecule has 1 saturated carbocycles. The van der Waals surface area contributed by atoms with Crippen LogP contribution < -0.4 is 20.3 Å². The predicted octanol–water partition coefficient (Wildman–Crippen LogP) is 5.49. The number of allylic oxidation sites excluding steroid dienone is 3. The Morgan fingerprint density at radius 3 is 2.42 bits per heavy atom. The van der Waals surface area contributed by atoms with Crippen molar-refractivity contribution in [1.82, 2.24) is 20.4 Å². The molecular weight excluding hydrogens is 958 g/mol. The number of halogens is 1. The summed E-state index contributed by atoms with van der Waals surface area (Å²) in [4.78, 5) is 98.2. The van der Waals surface area contributed by atoms with Gasteiger partial charge in [-0.25, -0.2) is 9.59 Å². The fourth-order valence-electron chi connectivity index (χ4n) is 9.99. The van der Waals surface area contributed by atoms with Crippen LogP contribution in [0, 0.1) is 17.8 Å². The van der Waals surface area contributed by atoms with E-state index in [0.29, 0.717) is 37.2 Å². The summed E-state index contributed by atoms with van der Waals surface area (Å²) in [5, 5.41) is 17.0. The summed E-state index contributed by atoms with van der Waals surface area (Å²) in [6.07, 6.45) is 3.33. The minimum absolute atomic E-state index is 0.0312. The number of epoxide rings is 1. The highest BCUT2D eigenvalue weighted by Crippen LogP contribution is 2.49. The number of carbonyl (C=O) groups excluding carboxylic acids is 7. The molecule has 4 fully saturated rings. The number of hydrogen-bond acceptors (Lipinski definition) is 14. The van der Waals surface area contributed by atoms with Gasteiger partial charge in [0.1, 0.15) is 40.7 Å². The second-order valence-electron chi connectivity index (χ2n) is 21.0. The van der Waals surface area contributed by atoms with Crippen LogP contribution in [0.5, 0.6) is 5.75 Å². The molecule has 0 spiro atoms. The number of imide groups is 1. The van der Waals surface area contributed by atoms with Crippen LogP contribution >= 0.6 is 23.4 Å². The van der Waals surface area contributed by atoms with Crippen molar-refractivity contribution in [3.8, 4) is 5.75 Å². The van der Waals surface area contributed by atoms with Gasteiger partial charge >= 0.3 is 12.1 Å². The molecule has 4 unspecified atom stereocenters. The summed E-state index contributed by atoms with van der Waals surface area (Å²) in [7, 11) is 5.91. The van der Waals surface area contributed by atoms with E-state index in [1.807, 2.05) is 33.8 Å². The number of amides is 6. The van der Waals surface area contributed by atoms with Gasteiger partial charge in [0.2, 0.25) is 29.5 Å². The molecule has 71 heavy (non-hydrogen) atoms. The third-order valence-corrected chi connectivity index (χ3v) is 16.1. The molecule has 1 aromatic rings. The highest BCUT2D eigenvalue weighted by atomic mass is 35.5. The Hall–Kier alpha value is -4.69. The van der Waals surface area contributed by atoms with E-state index in [-0.39, 0.29) is 71.6 Å². The Labute approximate surface area is 426 Å². The summed E-state index contributed by atoms with van der Waals surface area (Å²) < 4.78 is 29.5. The Balaban J connectivity index is 1.13. The summed E-state index contributed by atoms with van der Waals surface area (Å²) >= 11 is 8.05. The van der Waals surface area contributed by atoms with E-state index in [4.69, 9.17) is 35.3 Å². The van der Waals surface area contributed by atoms with Gasteiger partial charge in [0, 0.05) is 70.1 Å². The molecule has 3 N–H and O–H groups in total. The smallest absolute Gasteiger partial charge is 0.409 e. The molecule has 6 rings (SSSR count). The van der Waals surface area contributed by atoms with Crippen LogP contribution in [-0.2, 0) is 54.1 Å². The molecular formula is C51H72ClN5O13S. The largest absolute Gasteiger partial charge is 0.495 e. The van der Waals surface area contributed by atoms with E-state index < -0.39 is 76.8 Å². The number of nitrogens with one attached hydrogen (secondary N) is 2. The van der Waals surface area contributed by atoms with Crippen molar-refractivity contribution in [2.75, 3.05) is 45.5 Å². The second-order valence-corrected chi connectivity index (χ2v) is 22.7. The van der Waals surface area contributed by atoms with E-state index in [2.05, 4.69) is 10.6 Å². The number of carbonyl (C=O) groups is 7. The van der Waals surface area contributed by atoms with E-state index >= 15 is 0 Å². The number of methoxy groups -OCH3 is 2. The predicted molar refractivity (Wildman–Crippen MR) is 266 cm³/mol. The molecule has 3 saturated heterocycles. The fourth-order valence-corrected chi connectivity index (χ4v) is 11.4. The standard InChI is InChI=1S/C51H72ClN5O13S/c1-28-13-12-14-38(67-11)51(65)26-36(68-48(64)54-51)29(2)44-50(7,70-44)39(25-41(59)56(9)34-22-32(21-28)23-35(66-10)43(34)52)69-47(63)30(3)55(8)40(58)19-20-71-37-24-42(60)57(46(37)62)27-31-15-17-33(18-16-31)45(61)53-49(4,5)6/h12-14,22-23,29-31,33,36-39,44,65H,15-21,24-27H2,1-11H3,(H,53,61)(H,54,64)/b14-12+,28-13+/t29-,30+,31?,33?,36?,37?,38?,39+,44+,50+,51?/m1/s1. The summed E-state index contributed by atoms with van der Waals surface area (Å²) in [6.45, 7) is 13.0. The average Bonchev–Trinajstić information content (AvgIpc) is 3.94. The highest BCUT2D eigenvalue weighted by Gasteiger charge is 2.64. The Morgan fingerprint density at radius 2 is 1.77 bits per heavy atom.